The Labute approximate surface area is 211 Å². The highest BCUT2D eigenvalue weighted by molar-refractivity contribution is 7.53. The van der Waals surface area contributed by atoms with Crippen LogP contribution in [-0.4, -0.2) is 47.8 Å². The first-order valence-electron chi connectivity index (χ1n) is 12.3. The molecule has 36 heavy (non-hydrogen) atoms. The molecule has 4 rings (SSSR count). The molecule has 0 spiro atoms. The number of fused-ring (bicyclic) bond motifs is 2. The predicted molar refractivity (Wildman–Crippen MR) is 135 cm³/mol. The Balaban J connectivity index is 1.72. The summed E-state index contributed by atoms with van der Waals surface area (Å²) in [6.07, 6.45) is 0.801. The lowest BCUT2D eigenvalue weighted by atomic mass is 10.1. The van der Waals surface area contributed by atoms with Crippen molar-refractivity contribution in [1.29, 1.82) is 0 Å². The number of amides is 2. The Morgan fingerprint density at radius 3 is 2.14 bits per heavy atom. The number of nitrogens with zero attached hydrogens (tertiary/aromatic N) is 3. The molecule has 2 aromatic carbocycles. The lowest BCUT2D eigenvalue weighted by molar-refractivity contribution is -0.680. The first kappa shape index (κ1) is 26.1. The maximum Gasteiger partial charge on any atom is 0.330 e. The molecule has 1 aliphatic rings. The summed E-state index contributed by atoms with van der Waals surface area (Å²) < 4.78 is 33.6. The molecule has 0 bridgehead atoms. The van der Waals surface area contributed by atoms with Gasteiger partial charge in [-0.15, -0.1) is 0 Å². The number of carbonyl (C=O) groups excluding carboxylic acids is 2. The lowest BCUT2D eigenvalue weighted by Gasteiger charge is -2.17. The van der Waals surface area contributed by atoms with Gasteiger partial charge in [0.15, 0.2) is 11.0 Å². The van der Waals surface area contributed by atoms with Crippen molar-refractivity contribution in [3.05, 3.63) is 59.4 Å². The van der Waals surface area contributed by atoms with Crippen molar-refractivity contribution in [2.24, 2.45) is 0 Å². The molecule has 9 nitrogen and oxygen atoms in total. The van der Waals surface area contributed by atoms with Crippen molar-refractivity contribution in [2.75, 3.05) is 26.5 Å². The van der Waals surface area contributed by atoms with Gasteiger partial charge in [0.1, 0.15) is 12.3 Å². The van der Waals surface area contributed by atoms with E-state index < -0.39 is 7.60 Å². The zero-order valence-corrected chi connectivity index (χ0v) is 22.1. The first-order chi connectivity index (χ1) is 17.4. The predicted octanol–water partition coefficient (Wildman–Crippen LogP) is 4.41. The van der Waals surface area contributed by atoms with Gasteiger partial charge >= 0.3 is 7.60 Å². The SMILES string of the molecule is CCOP(=O)(CCC[n+]1c(CN2C(=O)c3ccccc3C2=O)n(CC)c2cc(OC)ccc21)OCC. The van der Waals surface area contributed by atoms with Crippen molar-refractivity contribution in [2.45, 2.75) is 46.8 Å². The van der Waals surface area contributed by atoms with Gasteiger partial charge < -0.3 is 13.8 Å². The van der Waals surface area contributed by atoms with Crippen molar-refractivity contribution in [3.63, 3.8) is 0 Å². The van der Waals surface area contributed by atoms with Gasteiger partial charge in [-0.3, -0.25) is 19.1 Å². The van der Waals surface area contributed by atoms with E-state index in [9.17, 15) is 14.2 Å². The first-order valence-corrected chi connectivity index (χ1v) is 14.0. The Bertz CT molecular complexity index is 1290. The third-order valence-corrected chi connectivity index (χ3v) is 8.51. The van der Waals surface area contributed by atoms with Crippen LogP contribution in [0.15, 0.2) is 42.5 Å². The summed E-state index contributed by atoms with van der Waals surface area (Å²) in [4.78, 5) is 27.5. The standard InChI is InChI=1S/C26H33N3O6P/c1-5-27-23-17-19(33-4)13-14-22(23)28(15-10-16-36(32,34-6-2)35-7-3)24(27)18-29-25(30)20-11-8-9-12-21(20)26(29)31/h8-9,11-14,17H,5-7,10,15-16,18H2,1-4H3/q+1. The molecule has 2 amide bonds. The number of imidazole rings is 1. The number of methoxy groups -OCH3 is 1. The average Bonchev–Trinajstić information content (AvgIpc) is 3.30. The summed E-state index contributed by atoms with van der Waals surface area (Å²) in [6, 6.07) is 12.7. The molecular weight excluding hydrogens is 481 g/mol. The highest BCUT2D eigenvalue weighted by Gasteiger charge is 2.38. The van der Waals surface area contributed by atoms with Crippen LogP contribution in [0.1, 0.15) is 53.7 Å². The monoisotopic (exact) mass is 514 g/mol. The fourth-order valence-electron chi connectivity index (χ4n) is 4.78. The molecule has 0 saturated carbocycles. The molecule has 0 N–H and O–H groups in total. The largest absolute Gasteiger partial charge is 0.497 e. The van der Waals surface area contributed by atoms with E-state index in [1.54, 1.807) is 45.2 Å². The van der Waals surface area contributed by atoms with Crippen molar-refractivity contribution >= 4 is 30.4 Å². The van der Waals surface area contributed by atoms with Crippen LogP contribution in [0, 0.1) is 0 Å². The third-order valence-electron chi connectivity index (χ3n) is 6.35. The molecule has 0 unspecified atom stereocenters. The molecule has 2 heterocycles. The summed E-state index contributed by atoms with van der Waals surface area (Å²) in [6.45, 7) is 7.49. The Kier molecular flexibility index (Phi) is 7.93. The summed E-state index contributed by atoms with van der Waals surface area (Å²) in [5.41, 5.74) is 2.71. The van der Waals surface area contributed by atoms with Crippen LogP contribution >= 0.6 is 7.60 Å². The fraction of sp³-hybridized carbons (Fsp3) is 0.423. The number of hydrogen-bond acceptors (Lipinski definition) is 6. The van der Waals surface area contributed by atoms with E-state index >= 15 is 0 Å². The fourth-order valence-corrected chi connectivity index (χ4v) is 6.43. The van der Waals surface area contributed by atoms with Crippen LogP contribution in [0.3, 0.4) is 0 Å². The van der Waals surface area contributed by atoms with Gasteiger partial charge in [0, 0.05) is 6.07 Å². The second-order valence-electron chi connectivity index (χ2n) is 8.43. The summed E-state index contributed by atoms with van der Waals surface area (Å²) >= 11 is 0. The van der Waals surface area contributed by atoms with E-state index in [1.165, 1.54) is 4.90 Å². The molecule has 0 fully saturated rings. The second-order valence-corrected chi connectivity index (χ2v) is 10.6. The van der Waals surface area contributed by atoms with Gasteiger partial charge in [0.05, 0.1) is 50.7 Å². The molecule has 0 saturated heterocycles. The van der Waals surface area contributed by atoms with Crippen molar-refractivity contribution in [3.8, 4) is 5.75 Å². The molecule has 192 valence electrons. The molecule has 0 atom stereocenters. The Morgan fingerprint density at radius 2 is 1.58 bits per heavy atom. The van der Waals surface area contributed by atoms with Crippen LogP contribution in [0.4, 0.5) is 0 Å². The van der Waals surface area contributed by atoms with E-state index in [1.807, 2.05) is 25.1 Å². The van der Waals surface area contributed by atoms with E-state index in [0.29, 0.717) is 49.6 Å². The van der Waals surface area contributed by atoms with Gasteiger partial charge in [-0.25, -0.2) is 9.13 Å². The number of carbonyl (C=O) groups is 2. The van der Waals surface area contributed by atoms with Crippen molar-refractivity contribution in [1.82, 2.24) is 9.47 Å². The maximum atomic E-state index is 13.1. The van der Waals surface area contributed by atoms with E-state index in [0.717, 1.165) is 16.9 Å². The molecule has 0 aliphatic carbocycles. The smallest absolute Gasteiger partial charge is 0.330 e. The highest BCUT2D eigenvalue weighted by atomic mass is 31.2. The Hall–Kier alpha value is -3.00. The normalized spacial score (nSPS) is 13.6. The molecular formula is C26H33N3O6P+. The van der Waals surface area contributed by atoms with Crippen LogP contribution in [-0.2, 0) is 33.2 Å². The molecule has 3 aromatic rings. The van der Waals surface area contributed by atoms with E-state index in [4.69, 9.17) is 13.8 Å². The van der Waals surface area contributed by atoms with E-state index in [-0.39, 0.29) is 24.5 Å². The number of imide groups is 1. The average molecular weight is 515 g/mol. The van der Waals surface area contributed by atoms with Crippen molar-refractivity contribution < 1.29 is 32.5 Å². The minimum absolute atomic E-state index is 0.117. The van der Waals surface area contributed by atoms with Gasteiger partial charge in [-0.05, 0) is 51.5 Å². The summed E-state index contributed by atoms with van der Waals surface area (Å²) in [5.74, 6) is 0.916. The van der Waals surface area contributed by atoms with Gasteiger partial charge in [0.2, 0.25) is 0 Å². The quantitative estimate of drug-likeness (QED) is 0.202. The Morgan fingerprint density at radius 1 is 0.944 bits per heavy atom. The minimum Gasteiger partial charge on any atom is -0.497 e. The number of aromatic nitrogens is 2. The molecule has 1 aromatic heterocycles. The molecule has 0 radical (unpaired) electrons. The number of rotatable bonds is 12. The summed E-state index contributed by atoms with van der Waals surface area (Å²) in [5, 5.41) is 0. The molecule has 10 heteroatoms. The van der Waals surface area contributed by atoms with Crippen LogP contribution in [0.5, 0.6) is 5.75 Å². The van der Waals surface area contributed by atoms with Crippen LogP contribution in [0.25, 0.3) is 11.0 Å². The molecule has 1 aliphatic heterocycles. The maximum absolute atomic E-state index is 13.1. The lowest BCUT2D eigenvalue weighted by Crippen LogP contribution is -2.43. The zero-order valence-electron chi connectivity index (χ0n) is 21.2. The number of benzene rings is 2. The third kappa shape index (κ3) is 4.83. The van der Waals surface area contributed by atoms with E-state index in [2.05, 4.69) is 9.13 Å². The number of hydrogen-bond donors (Lipinski definition) is 0. The van der Waals surface area contributed by atoms with Crippen LogP contribution in [0.2, 0.25) is 0 Å². The topological polar surface area (TPSA) is 91.0 Å². The van der Waals surface area contributed by atoms with Gasteiger partial charge in [-0.2, -0.15) is 0 Å². The van der Waals surface area contributed by atoms with Gasteiger partial charge in [0.25, 0.3) is 17.6 Å². The van der Waals surface area contributed by atoms with Gasteiger partial charge in [-0.1, -0.05) is 12.1 Å². The minimum atomic E-state index is -3.19. The summed E-state index contributed by atoms with van der Waals surface area (Å²) in [7, 11) is -1.57. The number of ether oxygens (including phenoxy) is 1. The second kappa shape index (κ2) is 10.9. The zero-order chi connectivity index (χ0) is 25.9. The van der Waals surface area contributed by atoms with Crippen LogP contribution < -0.4 is 9.30 Å². The highest BCUT2D eigenvalue weighted by Crippen LogP contribution is 2.48. The number of aryl methyl sites for hydroxylation is 2.